The molecule has 0 aliphatic rings. The van der Waals surface area contributed by atoms with Crippen LogP contribution in [0.2, 0.25) is 0 Å². The molecule has 0 saturated heterocycles. The van der Waals surface area contributed by atoms with Crippen molar-refractivity contribution in [3.8, 4) is 0 Å². The highest BCUT2D eigenvalue weighted by Gasteiger charge is 1.79. The van der Waals surface area contributed by atoms with Crippen molar-refractivity contribution in [3.05, 3.63) is 0 Å². The lowest BCUT2D eigenvalue weighted by Gasteiger charge is -1.69. The van der Waals surface area contributed by atoms with Gasteiger partial charge in [-0.05, 0) is 0 Å². The third-order valence-corrected chi connectivity index (χ3v) is 0.0667. The Kier molecular flexibility index (Phi) is 6.59. The summed E-state index contributed by atoms with van der Waals surface area (Å²) < 4.78 is 19.3. The van der Waals surface area contributed by atoms with E-state index in [9.17, 15) is 8.42 Å². The van der Waals surface area contributed by atoms with Gasteiger partial charge in [-0.1, -0.05) is 5.16 Å². The van der Waals surface area contributed by atoms with E-state index in [1.807, 2.05) is 0 Å². The molecule has 0 rings (SSSR count). The highest BCUT2D eigenvalue weighted by atomic mass is 32.2. The van der Waals surface area contributed by atoms with Crippen molar-refractivity contribution in [2.45, 2.75) is 0 Å². The average molecular weight is 154 g/mol. The molecule has 0 unspecified atom stereocenters. The number of oxime groups is 1. The van der Waals surface area contributed by atoms with Crippen LogP contribution in [0.1, 0.15) is 0 Å². The average Bonchev–Trinajstić information content (AvgIpc) is 1.61. The van der Waals surface area contributed by atoms with Gasteiger partial charge in [0.25, 0.3) is 0 Å². The summed E-state index contributed by atoms with van der Waals surface area (Å²) in [4.78, 5) is 0. The van der Waals surface area contributed by atoms with Crippen molar-refractivity contribution in [1.29, 1.82) is 0 Å². The van der Waals surface area contributed by atoms with E-state index < -0.39 is 9.84 Å². The molecule has 0 aromatic rings. The van der Waals surface area contributed by atoms with E-state index in [0.717, 1.165) is 18.9 Å². The van der Waals surface area contributed by atoms with Crippen LogP contribution in [-0.4, -0.2) is 32.5 Å². The normalized spacial score (nSPS) is 10.4. The Labute approximate surface area is 54.1 Å². The Bertz CT molecular complexity index is 148. The number of hydrogen-bond acceptors (Lipinski definition) is 4. The second kappa shape index (κ2) is 5.36. The van der Waals surface area contributed by atoms with Gasteiger partial charge >= 0.3 is 0 Å². The van der Waals surface area contributed by atoms with Gasteiger partial charge in [0.15, 0.2) is 0 Å². The molecule has 0 saturated carbocycles. The van der Waals surface area contributed by atoms with Gasteiger partial charge in [0.05, 0.1) is 0 Å². The number of sulfone groups is 1. The summed E-state index contributed by atoms with van der Waals surface area (Å²) in [5.41, 5.74) is 4.49. The first kappa shape index (κ1) is 11.1. The molecule has 0 aromatic heterocycles. The van der Waals surface area contributed by atoms with E-state index in [1.54, 1.807) is 0 Å². The molecule has 0 aliphatic carbocycles. The van der Waals surface area contributed by atoms with Crippen LogP contribution < -0.4 is 5.73 Å². The molecule has 6 heteroatoms. The first-order chi connectivity index (χ1) is 3.91. The first-order valence-electron chi connectivity index (χ1n) is 1.94. The minimum atomic E-state index is -2.67. The Morgan fingerprint density at radius 1 is 1.56 bits per heavy atom. The summed E-state index contributed by atoms with van der Waals surface area (Å²) in [6.07, 6.45) is 3.12. The van der Waals surface area contributed by atoms with E-state index >= 15 is 0 Å². The summed E-state index contributed by atoms with van der Waals surface area (Å²) in [6, 6.07) is 0. The molecule has 0 heterocycles. The second-order valence-corrected chi connectivity index (χ2v) is 3.69. The topological polar surface area (TPSA) is 92.8 Å². The van der Waals surface area contributed by atoms with Crippen LogP contribution in [0.4, 0.5) is 0 Å². The molecule has 0 aromatic carbocycles. The van der Waals surface area contributed by atoms with Crippen LogP contribution >= 0.6 is 0 Å². The van der Waals surface area contributed by atoms with Crippen LogP contribution in [-0.2, 0) is 9.84 Å². The van der Waals surface area contributed by atoms with Crippen molar-refractivity contribution in [2.24, 2.45) is 10.9 Å². The molecule has 0 radical (unpaired) electrons. The van der Waals surface area contributed by atoms with Gasteiger partial charge in [-0.2, -0.15) is 0 Å². The molecule has 0 atom stereocenters. The fourth-order valence-corrected chi connectivity index (χ4v) is 0. The van der Waals surface area contributed by atoms with Crippen LogP contribution in [0.15, 0.2) is 5.16 Å². The standard InChI is InChI=1S/C2H6O2S.CH4N2O/c1-5(2,3)4;2-1-3-4/h1-2H3;1,4H,(H2,2,3). The maximum absolute atomic E-state index is 9.63. The van der Waals surface area contributed by atoms with E-state index in [0.29, 0.717) is 0 Å². The van der Waals surface area contributed by atoms with Crippen molar-refractivity contribution in [2.75, 3.05) is 12.5 Å². The third-order valence-electron chi connectivity index (χ3n) is 0.0667. The lowest BCUT2D eigenvalue weighted by Crippen LogP contribution is -1.86. The largest absolute Gasteiger partial charge is 0.410 e. The molecular weight excluding hydrogens is 144 g/mol. The summed E-state index contributed by atoms with van der Waals surface area (Å²) >= 11 is 0. The van der Waals surface area contributed by atoms with Gasteiger partial charge in [-0.15, -0.1) is 0 Å². The summed E-state index contributed by atoms with van der Waals surface area (Å²) in [5, 5.41) is 9.71. The monoisotopic (exact) mass is 154 g/mol. The van der Waals surface area contributed by atoms with Gasteiger partial charge < -0.3 is 10.9 Å². The van der Waals surface area contributed by atoms with E-state index in [1.165, 1.54) is 0 Å². The Morgan fingerprint density at radius 3 is 1.67 bits per heavy atom. The van der Waals surface area contributed by atoms with Crippen molar-refractivity contribution >= 4 is 16.2 Å². The minimum absolute atomic E-state index is 0.806. The zero-order valence-electron chi connectivity index (χ0n) is 5.27. The number of nitrogens with two attached hydrogens (primary N) is 1. The van der Waals surface area contributed by atoms with E-state index in [2.05, 4.69) is 10.9 Å². The SMILES string of the molecule is CS(C)(=O)=O.N/C=N/O. The molecule has 0 amide bonds. The quantitative estimate of drug-likeness (QED) is 0.203. The lowest BCUT2D eigenvalue weighted by atomic mass is 11.4. The fourth-order valence-electron chi connectivity index (χ4n) is 0. The summed E-state index contributed by atoms with van der Waals surface area (Å²) in [6.45, 7) is 0. The van der Waals surface area contributed by atoms with Crippen LogP contribution in [0.3, 0.4) is 0 Å². The van der Waals surface area contributed by atoms with Crippen LogP contribution in [0.5, 0.6) is 0 Å². The summed E-state index contributed by atoms with van der Waals surface area (Å²) in [5.74, 6) is 0. The van der Waals surface area contributed by atoms with Gasteiger partial charge in [-0.3, -0.25) is 0 Å². The van der Waals surface area contributed by atoms with Gasteiger partial charge in [0, 0.05) is 12.5 Å². The van der Waals surface area contributed by atoms with Gasteiger partial charge in [0.1, 0.15) is 16.2 Å². The number of rotatable bonds is 0. The molecule has 0 fully saturated rings. The molecular formula is C3H10N2O3S. The highest BCUT2D eigenvalue weighted by molar-refractivity contribution is 7.89. The Balaban J connectivity index is 0. The summed E-state index contributed by atoms with van der Waals surface area (Å²) in [7, 11) is -2.67. The zero-order valence-corrected chi connectivity index (χ0v) is 6.09. The predicted octanol–water partition coefficient (Wildman–Crippen LogP) is -0.977. The molecule has 3 N–H and O–H groups in total. The zero-order chi connectivity index (χ0) is 7.91. The molecule has 56 valence electrons. The van der Waals surface area contributed by atoms with Crippen molar-refractivity contribution in [3.63, 3.8) is 0 Å². The number of hydrogen-bond donors (Lipinski definition) is 2. The lowest BCUT2D eigenvalue weighted by molar-refractivity contribution is 0.321. The van der Waals surface area contributed by atoms with Crippen LogP contribution in [0.25, 0.3) is 0 Å². The Morgan fingerprint density at radius 2 is 1.67 bits per heavy atom. The first-order valence-corrected chi connectivity index (χ1v) is 4.24. The smallest absolute Gasteiger partial charge is 0.144 e. The maximum Gasteiger partial charge on any atom is 0.144 e. The Hall–Kier alpha value is -0.780. The molecule has 0 bridgehead atoms. The number of nitrogens with zero attached hydrogens (tertiary/aromatic N) is 1. The molecule has 0 aliphatic heterocycles. The van der Waals surface area contributed by atoms with E-state index in [-0.39, 0.29) is 0 Å². The van der Waals surface area contributed by atoms with Crippen LogP contribution in [0, 0.1) is 0 Å². The molecule has 5 nitrogen and oxygen atoms in total. The maximum atomic E-state index is 9.63. The van der Waals surface area contributed by atoms with Gasteiger partial charge in [-0.25, -0.2) is 8.42 Å². The van der Waals surface area contributed by atoms with E-state index in [4.69, 9.17) is 5.21 Å². The van der Waals surface area contributed by atoms with Crippen molar-refractivity contribution < 1.29 is 13.6 Å². The predicted molar refractivity (Wildman–Crippen MR) is 35.2 cm³/mol. The fraction of sp³-hybridized carbons (Fsp3) is 0.667. The molecule has 0 spiro atoms. The van der Waals surface area contributed by atoms with Gasteiger partial charge in [0.2, 0.25) is 0 Å². The van der Waals surface area contributed by atoms with Crippen molar-refractivity contribution in [1.82, 2.24) is 0 Å². The second-order valence-electron chi connectivity index (χ2n) is 1.41. The minimum Gasteiger partial charge on any atom is -0.410 e. The third kappa shape index (κ3) is 4060. The highest BCUT2D eigenvalue weighted by Crippen LogP contribution is 1.61. The molecule has 9 heavy (non-hydrogen) atoms.